The van der Waals surface area contributed by atoms with Crippen LogP contribution in [0.4, 0.5) is 0 Å². The maximum Gasteiger partial charge on any atom is 0.343 e. The summed E-state index contributed by atoms with van der Waals surface area (Å²) in [5, 5.41) is 10.3. The van der Waals surface area contributed by atoms with Gasteiger partial charge in [-0.25, -0.2) is 9.59 Å². The average molecular weight is 635 g/mol. The van der Waals surface area contributed by atoms with Crippen molar-refractivity contribution in [2.24, 2.45) is 5.92 Å². The van der Waals surface area contributed by atoms with Crippen LogP contribution in [-0.2, 0) is 19.0 Å². The second-order valence-electron chi connectivity index (χ2n) is 12.0. The number of carbonyl (C=O) groups is 2. The van der Waals surface area contributed by atoms with E-state index in [0.717, 1.165) is 36.3 Å². The lowest BCUT2D eigenvalue weighted by atomic mass is 9.78. The molecule has 7 nitrogen and oxygen atoms in total. The molecule has 3 rings (SSSR count). The minimum atomic E-state index is -1.58. The number of benzene rings is 2. The molecule has 1 aliphatic carbocycles. The van der Waals surface area contributed by atoms with Crippen LogP contribution >= 0.6 is 0 Å². The minimum absolute atomic E-state index is 0.223. The van der Waals surface area contributed by atoms with Gasteiger partial charge in [-0.05, 0) is 73.2 Å². The highest BCUT2D eigenvalue weighted by Gasteiger charge is 2.50. The molecule has 0 aliphatic heterocycles. The molecular formula is C39H54O7. The third kappa shape index (κ3) is 10.5. The zero-order chi connectivity index (χ0) is 33.2. The first-order chi connectivity index (χ1) is 22.4. The fraction of sp³-hybridized carbons (Fsp3) is 0.538. The lowest BCUT2D eigenvalue weighted by molar-refractivity contribution is -0.167. The Balaban J connectivity index is 1.64. The van der Waals surface area contributed by atoms with E-state index in [-0.39, 0.29) is 12.4 Å². The van der Waals surface area contributed by atoms with Gasteiger partial charge in [-0.15, -0.1) is 0 Å². The van der Waals surface area contributed by atoms with Crippen molar-refractivity contribution in [2.45, 2.75) is 110 Å². The first kappa shape index (κ1) is 36.9. The molecule has 0 spiro atoms. The molecule has 7 heteroatoms. The van der Waals surface area contributed by atoms with Gasteiger partial charge in [0.2, 0.25) is 0 Å². The molecule has 1 N–H and O–H groups in total. The molecule has 1 aliphatic rings. The Hall–Kier alpha value is -3.58. The third-order valence-electron chi connectivity index (χ3n) is 8.26. The summed E-state index contributed by atoms with van der Waals surface area (Å²) >= 11 is 0. The van der Waals surface area contributed by atoms with Gasteiger partial charge in [-0.2, -0.15) is 0 Å². The van der Waals surface area contributed by atoms with Gasteiger partial charge in [0.1, 0.15) is 11.5 Å². The smallest absolute Gasteiger partial charge is 0.343 e. The van der Waals surface area contributed by atoms with Crippen LogP contribution in [0.5, 0.6) is 5.75 Å². The highest BCUT2D eigenvalue weighted by atomic mass is 16.6. The fourth-order valence-corrected chi connectivity index (χ4v) is 5.70. The van der Waals surface area contributed by atoms with Gasteiger partial charge in [0.15, 0.2) is 11.4 Å². The van der Waals surface area contributed by atoms with Crippen molar-refractivity contribution in [1.29, 1.82) is 0 Å². The number of aliphatic carboxylic acids is 1. The normalized spacial score (nSPS) is 17.6. The zero-order valence-corrected chi connectivity index (χ0v) is 28.4. The SMILES string of the molecule is CCCCCCCCCCOc1ccc(-c2ccc(C(=O)OC3=C(OCCC)C(CCC)C(OCCC)(C(=O)O)C=C3)cc2)cc1. The van der Waals surface area contributed by atoms with Crippen LogP contribution in [0.15, 0.2) is 72.2 Å². The number of esters is 1. The molecule has 0 fully saturated rings. The molecule has 0 aromatic heterocycles. The molecule has 2 atom stereocenters. The molecular weight excluding hydrogens is 580 g/mol. The summed E-state index contributed by atoms with van der Waals surface area (Å²) in [5.74, 6) is -0.830. The molecule has 46 heavy (non-hydrogen) atoms. The molecule has 2 aromatic carbocycles. The molecule has 252 valence electrons. The molecule has 2 unspecified atom stereocenters. The highest BCUT2D eigenvalue weighted by Crippen LogP contribution is 2.41. The van der Waals surface area contributed by atoms with E-state index in [1.165, 1.54) is 57.1 Å². The van der Waals surface area contributed by atoms with Crippen molar-refractivity contribution >= 4 is 11.9 Å². The van der Waals surface area contributed by atoms with E-state index < -0.39 is 23.5 Å². The predicted octanol–water partition coefficient (Wildman–Crippen LogP) is 9.90. The Bertz CT molecular complexity index is 1260. The molecule has 0 bridgehead atoms. The maximum absolute atomic E-state index is 13.3. The number of unbranched alkanes of at least 4 members (excludes halogenated alkanes) is 7. The van der Waals surface area contributed by atoms with E-state index >= 15 is 0 Å². The van der Waals surface area contributed by atoms with Gasteiger partial charge < -0.3 is 24.1 Å². The number of carboxylic acid groups (broad SMARTS) is 1. The zero-order valence-electron chi connectivity index (χ0n) is 28.4. The van der Waals surface area contributed by atoms with Crippen molar-refractivity contribution in [1.82, 2.24) is 0 Å². The van der Waals surface area contributed by atoms with Gasteiger partial charge in [-0.3, -0.25) is 0 Å². The van der Waals surface area contributed by atoms with Crippen LogP contribution in [0.1, 0.15) is 115 Å². The van der Waals surface area contributed by atoms with Gasteiger partial charge in [0, 0.05) is 6.61 Å². The Kier molecular flexibility index (Phi) is 15.9. The Labute approximate surface area is 276 Å². The highest BCUT2D eigenvalue weighted by molar-refractivity contribution is 5.91. The number of rotatable bonds is 22. The van der Waals surface area contributed by atoms with Gasteiger partial charge in [-0.1, -0.05) is 103 Å². The predicted molar refractivity (Wildman–Crippen MR) is 183 cm³/mol. The van der Waals surface area contributed by atoms with Crippen LogP contribution in [0.25, 0.3) is 11.1 Å². The van der Waals surface area contributed by atoms with Crippen LogP contribution in [0.3, 0.4) is 0 Å². The molecule has 2 aromatic rings. The lowest BCUT2D eigenvalue weighted by Gasteiger charge is -2.38. The summed E-state index contributed by atoms with van der Waals surface area (Å²) in [6.07, 6.45) is 15.8. The van der Waals surface area contributed by atoms with Crippen LogP contribution in [-0.4, -0.2) is 42.5 Å². The molecule has 0 radical (unpaired) electrons. The Morgan fingerprint density at radius 1 is 0.696 bits per heavy atom. The fourth-order valence-electron chi connectivity index (χ4n) is 5.70. The van der Waals surface area contributed by atoms with Crippen molar-refractivity contribution in [3.05, 3.63) is 77.8 Å². The van der Waals surface area contributed by atoms with Crippen molar-refractivity contribution in [3.8, 4) is 16.9 Å². The largest absolute Gasteiger partial charge is 0.494 e. The van der Waals surface area contributed by atoms with Crippen LogP contribution in [0.2, 0.25) is 0 Å². The van der Waals surface area contributed by atoms with E-state index in [0.29, 0.717) is 37.2 Å². The third-order valence-corrected chi connectivity index (χ3v) is 8.26. The van der Waals surface area contributed by atoms with E-state index in [4.69, 9.17) is 18.9 Å². The van der Waals surface area contributed by atoms with E-state index in [1.807, 2.05) is 57.2 Å². The Morgan fingerprint density at radius 3 is 1.89 bits per heavy atom. The van der Waals surface area contributed by atoms with Crippen molar-refractivity contribution < 1.29 is 33.6 Å². The number of ether oxygens (including phenoxy) is 4. The van der Waals surface area contributed by atoms with Crippen LogP contribution in [0, 0.1) is 5.92 Å². The number of hydrogen-bond donors (Lipinski definition) is 1. The second kappa shape index (κ2) is 19.8. The summed E-state index contributed by atoms with van der Waals surface area (Å²) in [5.41, 5.74) is 0.791. The maximum atomic E-state index is 13.3. The van der Waals surface area contributed by atoms with E-state index in [2.05, 4.69) is 6.92 Å². The van der Waals surface area contributed by atoms with E-state index in [9.17, 15) is 14.7 Å². The van der Waals surface area contributed by atoms with Gasteiger partial charge >= 0.3 is 11.9 Å². The summed E-state index contributed by atoms with van der Waals surface area (Å²) in [7, 11) is 0. The van der Waals surface area contributed by atoms with E-state index in [1.54, 1.807) is 12.1 Å². The molecule has 0 saturated carbocycles. The first-order valence-electron chi connectivity index (χ1n) is 17.4. The number of hydrogen-bond acceptors (Lipinski definition) is 6. The lowest BCUT2D eigenvalue weighted by Crippen LogP contribution is -2.50. The topological polar surface area (TPSA) is 91.3 Å². The standard InChI is InChI=1S/C39H54O7/c1-5-9-10-11-12-13-14-15-29-43-33-23-21-31(22-24-33)30-17-19-32(20-18-30)37(40)46-35-25-26-39(38(41)42,45-28-8-4)34(16-6-2)36(35)44-27-7-3/h17-26,34H,5-16,27-29H2,1-4H3,(H,41,42). The first-order valence-corrected chi connectivity index (χ1v) is 17.4. The Morgan fingerprint density at radius 2 is 1.30 bits per heavy atom. The summed E-state index contributed by atoms with van der Waals surface area (Å²) in [6, 6.07) is 15.3. The molecule has 0 heterocycles. The molecule has 0 saturated heterocycles. The van der Waals surface area contributed by atoms with Crippen LogP contribution < -0.4 is 4.74 Å². The monoisotopic (exact) mass is 634 g/mol. The number of carbonyl (C=O) groups excluding carboxylic acids is 1. The average Bonchev–Trinajstić information content (AvgIpc) is 3.07. The van der Waals surface area contributed by atoms with Crippen molar-refractivity contribution in [3.63, 3.8) is 0 Å². The van der Waals surface area contributed by atoms with Crippen molar-refractivity contribution in [2.75, 3.05) is 19.8 Å². The van der Waals surface area contributed by atoms with Gasteiger partial charge in [0.05, 0.1) is 24.7 Å². The quantitative estimate of drug-likeness (QED) is 0.102. The second-order valence-corrected chi connectivity index (χ2v) is 12.0. The minimum Gasteiger partial charge on any atom is -0.494 e. The summed E-state index contributed by atoms with van der Waals surface area (Å²) < 4.78 is 23.8. The molecule has 0 amide bonds. The summed E-state index contributed by atoms with van der Waals surface area (Å²) in [6.45, 7) is 9.51. The summed E-state index contributed by atoms with van der Waals surface area (Å²) in [4.78, 5) is 25.8. The number of carboxylic acids is 1. The number of allylic oxidation sites excluding steroid dienone is 1. The van der Waals surface area contributed by atoms with Gasteiger partial charge in [0.25, 0.3) is 0 Å².